The van der Waals surface area contributed by atoms with Crippen LogP contribution in [0.4, 0.5) is 5.00 Å². The summed E-state index contributed by atoms with van der Waals surface area (Å²) in [5.41, 5.74) is 5.53. The van der Waals surface area contributed by atoms with Gasteiger partial charge >= 0.3 is 0 Å². The van der Waals surface area contributed by atoms with Crippen molar-refractivity contribution in [3.8, 4) is 5.75 Å². The molecule has 0 aliphatic carbocycles. The molecule has 1 atom stereocenters. The van der Waals surface area contributed by atoms with Crippen molar-refractivity contribution in [3.63, 3.8) is 0 Å². The van der Waals surface area contributed by atoms with Crippen LogP contribution < -0.4 is 11.1 Å². The molecule has 10 heteroatoms. The largest absolute Gasteiger partial charge is 0.507 e. The number of rotatable bonds is 5. The molecule has 2 amide bonds. The minimum Gasteiger partial charge on any atom is -0.507 e. The number of thiophene rings is 1. The van der Waals surface area contributed by atoms with E-state index < -0.39 is 22.8 Å². The average molecular weight is 395 g/mol. The van der Waals surface area contributed by atoms with Gasteiger partial charge in [-0.3, -0.25) is 9.59 Å². The van der Waals surface area contributed by atoms with E-state index in [9.17, 15) is 18.9 Å². The number of nitrogens with two attached hydrogens (primary N) is 1. The van der Waals surface area contributed by atoms with Crippen LogP contribution >= 0.6 is 11.3 Å². The van der Waals surface area contributed by atoms with Gasteiger partial charge in [-0.25, -0.2) is 8.51 Å². The first-order valence-corrected chi connectivity index (χ1v) is 9.67. The lowest BCUT2D eigenvalue weighted by molar-refractivity contribution is 0.0752. The van der Waals surface area contributed by atoms with Crippen molar-refractivity contribution in [1.29, 1.82) is 0 Å². The molecular weight excluding hydrogens is 378 g/mol. The zero-order valence-corrected chi connectivity index (χ0v) is 15.3. The first-order valence-electron chi connectivity index (χ1n) is 7.75. The number of carbonyl (C=O) groups excluding carboxylic acids is 2. The number of para-hydroxylation sites is 1. The number of hydrogen-bond acceptors (Lipinski definition) is 6. The number of benzene rings is 1. The van der Waals surface area contributed by atoms with E-state index >= 15 is 0 Å². The molecule has 2 heterocycles. The van der Waals surface area contributed by atoms with Crippen LogP contribution in [0.1, 0.15) is 20.7 Å². The smallest absolute Gasteiger partial charge is 0.260 e. The number of aromatic hydroxyl groups is 1. The third-order valence-electron chi connectivity index (χ3n) is 3.73. The summed E-state index contributed by atoms with van der Waals surface area (Å²) < 4.78 is 20.1. The first-order chi connectivity index (χ1) is 12.5. The van der Waals surface area contributed by atoms with Crippen LogP contribution in [0.3, 0.4) is 0 Å². The first kappa shape index (κ1) is 18.5. The van der Waals surface area contributed by atoms with Crippen LogP contribution in [0.5, 0.6) is 5.75 Å². The number of nitrogens with one attached hydrogen (secondary N) is 1. The lowest BCUT2D eigenvalue weighted by Crippen LogP contribution is -2.37. The van der Waals surface area contributed by atoms with E-state index in [1.165, 1.54) is 18.2 Å². The molecule has 4 N–H and O–H groups in total. The van der Waals surface area contributed by atoms with Crippen LogP contribution in [0.2, 0.25) is 0 Å². The maximum absolute atomic E-state index is 12.7. The third kappa shape index (κ3) is 3.93. The second kappa shape index (κ2) is 7.96. The number of nitrogens with zero attached hydrogens (tertiary/aromatic N) is 1. The van der Waals surface area contributed by atoms with Crippen molar-refractivity contribution in [2.75, 3.05) is 31.6 Å². The maximum atomic E-state index is 12.7. The van der Waals surface area contributed by atoms with Gasteiger partial charge in [0.05, 0.1) is 24.3 Å². The molecule has 26 heavy (non-hydrogen) atoms. The van der Waals surface area contributed by atoms with E-state index in [-0.39, 0.29) is 21.9 Å². The zero-order chi connectivity index (χ0) is 18.7. The molecule has 1 saturated heterocycles. The summed E-state index contributed by atoms with van der Waals surface area (Å²) >= 11 is 1.02. The van der Waals surface area contributed by atoms with E-state index in [1.807, 2.05) is 0 Å². The quantitative estimate of drug-likeness (QED) is 0.701. The van der Waals surface area contributed by atoms with Crippen molar-refractivity contribution >= 4 is 39.1 Å². The Kier molecular flexibility index (Phi) is 5.67. The highest BCUT2D eigenvalue weighted by atomic mass is 32.2. The Morgan fingerprint density at radius 3 is 2.58 bits per heavy atom. The van der Waals surface area contributed by atoms with E-state index in [1.54, 1.807) is 16.4 Å². The van der Waals surface area contributed by atoms with Crippen LogP contribution in [0, 0.1) is 0 Å². The van der Waals surface area contributed by atoms with Gasteiger partial charge in [-0.05, 0) is 18.2 Å². The van der Waals surface area contributed by atoms with Gasteiger partial charge in [-0.15, -0.1) is 11.3 Å². The fourth-order valence-corrected chi connectivity index (χ4v) is 5.00. The number of ether oxygens (including phenoxy) is 1. The van der Waals surface area contributed by atoms with Crippen molar-refractivity contribution in [2.24, 2.45) is 5.73 Å². The Labute approximate surface area is 156 Å². The molecular formula is C16H17N3O5S2. The number of carbonyl (C=O) groups is 2. The Morgan fingerprint density at radius 1 is 1.23 bits per heavy atom. The summed E-state index contributed by atoms with van der Waals surface area (Å²) in [6, 6.07) is 7.47. The Balaban J connectivity index is 1.85. The molecule has 1 aromatic heterocycles. The number of phenolic OH excluding ortho intramolecular Hbond substituents is 1. The van der Waals surface area contributed by atoms with E-state index in [0.717, 1.165) is 11.3 Å². The van der Waals surface area contributed by atoms with Gasteiger partial charge in [0.2, 0.25) is 0 Å². The molecule has 8 nitrogen and oxygen atoms in total. The molecule has 1 fully saturated rings. The second-order valence-electron chi connectivity index (χ2n) is 5.43. The fourth-order valence-electron chi connectivity index (χ4n) is 2.41. The van der Waals surface area contributed by atoms with E-state index in [4.69, 9.17) is 10.5 Å². The molecule has 2 aromatic rings. The molecule has 1 aliphatic heterocycles. The predicted molar refractivity (Wildman–Crippen MR) is 97.7 cm³/mol. The normalized spacial score (nSPS) is 16.2. The molecule has 3 rings (SSSR count). The van der Waals surface area contributed by atoms with Crippen LogP contribution in [-0.4, -0.2) is 51.7 Å². The predicted octanol–water partition coefficient (Wildman–Crippen LogP) is 1.16. The molecule has 0 bridgehead atoms. The summed E-state index contributed by atoms with van der Waals surface area (Å²) in [6.45, 7) is 1.99. The highest BCUT2D eigenvalue weighted by Gasteiger charge is 2.24. The standard InChI is InChI=1S/C16H17N3O5S2/c17-14(21)11-9-13(26(23)19-5-7-24-8-6-19)25-16(11)18-15(22)10-3-1-2-4-12(10)20/h1-4,9,20H,5-8H2,(H2,17,21)(H,18,22). The number of morpholine rings is 1. The third-order valence-corrected chi connectivity index (χ3v) is 6.55. The number of anilines is 1. The fraction of sp³-hybridized carbons (Fsp3) is 0.250. The monoisotopic (exact) mass is 395 g/mol. The number of primary amides is 1. The summed E-state index contributed by atoms with van der Waals surface area (Å²) in [5, 5.41) is 12.5. The molecule has 0 saturated carbocycles. The SMILES string of the molecule is NC(=O)c1cc(S(=O)N2CCOCC2)sc1NC(=O)c1ccccc1O. The molecule has 0 radical (unpaired) electrons. The van der Waals surface area contributed by atoms with Gasteiger partial charge in [-0.2, -0.15) is 0 Å². The van der Waals surface area contributed by atoms with Crippen molar-refractivity contribution < 1.29 is 23.6 Å². The van der Waals surface area contributed by atoms with Crippen LogP contribution in [0.15, 0.2) is 34.5 Å². The topological polar surface area (TPSA) is 122 Å². The van der Waals surface area contributed by atoms with Gasteiger partial charge in [0.15, 0.2) is 0 Å². The van der Waals surface area contributed by atoms with Crippen LogP contribution in [0.25, 0.3) is 0 Å². The van der Waals surface area contributed by atoms with E-state index in [0.29, 0.717) is 30.5 Å². The number of hydrogen-bond donors (Lipinski definition) is 3. The van der Waals surface area contributed by atoms with Crippen LogP contribution in [-0.2, 0) is 15.7 Å². The molecule has 1 aliphatic rings. The molecule has 0 spiro atoms. The summed E-state index contributed by atoms with van der Waals surface area (Å²) in [5.74, 6) is -1.51. The Bertz CT molecular complexity index is 861. The summed E-state index contributed by atoms with van der Waals surface area (Å²) in [4.78, 5) is 24.1. The Hall–Kier alpha value is -2.27. The summed E-state index contributed by atoms with van der Waals surface area (Å²) in [7, 11) is -1.48. The van der Waals surface area contributed by atoms with Crippen molar-refractivity contribution in [1.82, 2.24) is 4.31 Å². The second-order valence-corrected chi connectivity index (χ2v) is 8.20. The molecule has 1 aromatic carbocycles. The lowest BCUT2D eigenvalue weighted by Gasteiger charge is -2.24. The molecule has 1 unspecified atom stereocenters. The van der Waals surface area contributed by atoms with E-state index in [2.05, 4.69) is 5.32 Å². The van der Waals surface area contributed by atoms with Gasteiger partial charge in [-0.1, -0.05) is 12.1 Å². The Morgan fingerprint density at radius 2 is 1.92 bits per heavy atom. The maximum Gasteiger partial charge on any atom is 0.260 e. The van der Waals surface area contributed by atoms with Gasteiger partial charge in [0.25, 0.3) is 11.8 Å². The molecule has 138 valence electrons. The van der Waals surface area contributed by atoms with Gasteiger partial charge in [0, 0.05) is 13.1 Å². The average Bonchev–Trinajstić information content (AvgIpc) is 3.06. The minimum absolute atomic E-state index is 0.0622. The lowest BCUT2D eigenvalue weighted by atomic mass is 10.2. The number of phenols is 1. The zero-order valence-electron chi connectivity index (χ0n) is 13.6. The number of amides is 2. The highest BCUT2D eigenvalue weighted by Crippen LogP contribution is 2.32. The van der Waals surface area contributed by atoms with Crippen molar-refractivity contribution in [3.05, 3.63) is 41.5 Å². The van der Waals surface area contributed by atoms with Gasteiger partial charge in [0.1, 0.15) is 25.9 Å². The minimum atomic E-state index is -1.48. The summed E-state index contributed by atoms with van der Waals surface area (Å²) in [6.07, 6.45) is 0. The highest BCUT2D eigenvalue weighted by molar-refractivity contribution is 7.85. The van der Waals surface area contributed by atoms with Gasteiger partial charge < -0.3 is 20.9 Å². The van der Waals surface area contributed by atoms with Crippen molar-refractivity contribution in [2.45, 2.75) is 4.21 Å².